The minimum Gasteiger partial charge on any atom is -0.298 e. The average molecular weight is 253 g/mol. The predicted octanol–water partition coefficient (Wildman–Crippen LogP) is 3.60. The summed E-state index contributed by atoms with van der Waals surface area (Å²) in [6, 6.07) is 12.8. The van der Waals surface area contributed by atoms with E-state index in [1.54, 1.807) is 12.1 Å². The van der Waals surface area contributed by atoms with Crippen LogP contribution in [0.4, 0.5) is 13.2 Å². The standard InChI is InChI=1S/C7H6O.C6H4F3N/c8-6-7-4-2-1-3-5-7;7-6(8,9)5-3-1-2-4-10-5/h1-6H;1-4H. The van der Waals surface area contributed by atoms with Gasteiger partial charge < -0.3 is 0 Å². The topological polar surface area (TPSA) is 30.0 Å². The maximum absolute atomic E-state index is 11.7. The Morgan fingerprint density at radius 1 is 0.944 bits per heavy atom. The van der Waals surface area contributed by atoms with Crippen molar-refractivity contribution in [1.82, 2.24) is 4.98 Å². The van der Waals surface area contributed by atoms with E-state index in [0.717, 1.165) is 24.1 Å². The second-order valence-electron chi connectivity index (χ2n) is 3.24. The van der Waals surface area contributed by atoms with Crippen LogP contribution in [0.15, 0.2) is 54.7 Å². The number of alkyl halides is 3. The molecular formula is C13H10F3NO. The molecule has 1 heterocycles. The van der Waals surface area contributed by atoms with Gasteiger partial charge in [0.1, 0.15) is 12.0 Å². The molecule has 5 heteroatoms. The SMILES string of the molecule is FC(F)(F)c1ccccn1.O=Cc1ccccc1. The van der Waals surface area contributed by atoms with Gasteiger partial charge in [-0.3, -0.25) is 9.78 Å². The molecule has 0 radical (unpaired) electrons. The molecule has 0 fully saturated rings. The van der Waals surface area contributed by atoms with Crippen LogP contribution in [0.5, 0.6) is 0 Å². The molecular weight excluding hydrogens is 243 g/mol. The second kappa shape index (κ2) is 6.54. The van der Waals surface area contributed by atoms with Crippen LogP contribution >= 0.6 is 0 Å². The second-order valence-corrected chi connectivity index (χ2v) is 3.24. The molecule has 0 saturated heterocycles. The fourth-order valence-corrected chi connectivity index (χ4v) is 1.06. The third kappa shape index (κ3) is 4.78. The average Bonchev–Trinajstić information content (AvgIpc) is 2.40. The largest absolute Gasteiger partial charge is 0.433 e. The molecule has 2 aromatic rings. The van der Waals surface area contributed by atoms with Crippen molar-refractivity contribution < 1.29 is 18.0 Å². The van der Waals surface area contributed by atoms with Crippen molar-refractivity contribution in [1.29, 1.82) is 0 Å². The molecule has 2 nitrogen and oxygen atoms in total. The van der Waals surface area contributed by atoms with Crippen LogP contribution in [-0.4, -0.2) is 11.3 Å². The fourth-order valence-electron chi connectivity index (χ4n) is 1.06. The van der Waals surface area contributed by atoms with Gasteiger partial charge in [0.2, 0.25) is 0 Å². The summed E-state index contributed by atoms with van der Waals surface area (Å²) >= 11 is 0. The van der Waals surface area contributed by atoms with Gasteiger partial charge in [0.15, 0.2) is 0 Å². The van der Waals surface area contributed by atoms with Gasteiger partial charge in [0.25, 0.3) is 0 Å². The Morgan fingerprint density at radius 2 is 1.56 bits per heavy atom. The van der Waals surface area contributed by atoms with Crippen molar-refractivity contribution in [3.8, 4) is 0 Å². The Balaban J connectivity index is 0.000000184. The minimum atomic E-state index is -4.32. The molecule has 94 valence electrons. The van der Waals surface area contributed by atoms with E-state index in [9.17, 15) is 18.0 Å². The number of halogens is 3. The third-order valence-electron chi connectivity index (χ3n) is 1.89. The van der Waals surface area contributed by atoms with E-state index >= 15 is 0 Å². The molecule has 0 N–H and O–H groups in total. The fraction of sp³-hybridized carbons (Fsp3) is 0.0769. The molecule has 0 aliphatic heterocycles. The van der Waals surface area contributed by atoms with Crippen molar-refractivity contribution in [2.24, 2.45) is 0 Å². The number of aromatic nitrogens is 1. The zero-order valence-electron chi connectivity index (χ0n) is 9.26. The normalized spacial score (nSPS) is 10.2. The number of nitrogens with zero attached hydrogens (tertiary/aromatic N) is 1. The van der Waals surface area contributed by atoms with Crippen molar-refractivity contribution in [2.45, 2.75) is 6.18 Å². The number of carbonyl (C=O) groups excluding carboxylic acids is 1. The smallest absolute Gasteiger partial charge is 0.298 e. The monoisotopic (exact) mass is 253 g/mol. The van der Waals surface area contributed by atoms with Crippen LogP contribution in [0, 0.1) is 0 Å². The zero-order chi connectivity index (χ0) is 13.4. The molecule has 1 aromatic carbocycles. The van der Waals surface area contributed by atoms with Crippen molar-refractivity contribution in [2.75, 3.05) is 0 Å². The Morgan fingerprint density at radius 3 is 1.89 bits per heavy atom. The van der Waals surface area contributed by atoms with Gasteiger partial charge in [-0.05, 0) is 12.1 Å². The molecule has 0 bridgehead atoms. The van der Waals surface area contributed by atoms with Crippen LogP contribution in [0.3, 0.4) is 0 Å². The Kier molecular flexibility index (Phi) is 5.05. The van der Waals surface area contributed by atoms with Gasteiger partial charge in [0, 0.05) is 11.8 Å². The lowest BCUT2D eigenvalue weighted by Gasteiger charge is -2.02. The summed E-state index contributed by atoms with van der Waals surface area (Å²) in [7, 11) is 0. The van der Waals surface area contributed by atoms with E-state index in [1.165, 1.54) is 12.1 Å². The van der Waals surface area contributed by atoms with E-state index in [1.807, 2.05) is 18.2 Å². The molecule has 0 aliphatic carbocycles. The van der Waals surface area contributed by atoms with Crippen LogP contribution < -0.4 is 0 Å². The number of pyridine rings is 1. The summed E-state index contributed by atoms with van der Waals surface area (Å²) in [5, 5.41) is 0. The van der Waals surface area contributed by atoms with Gasteiger partial charge in [-0.2, -0.15) is 13.2 Å². The lowest BCUT2D eigenvalue weighted by atomic mass is 10.2. The number of rotatable bonds is 1. The van der Waals surface area contributed by atoms with Crippen molar-refractivity contribution >= 4 is 6.29 Å². The molecule has 0 saturated carbocycles. The van der Waals surface area contributed by atoms with Crippen LogP contribution in [0.1, 0.15) is 16.1 Å². The lowest BCUT2D eigenvalue weighted by molar-refractivity contribution is -0.141. The highest BCUT2D eigenvalue weighted by molar-refractivity contribution is 5.74. The van der Waals surface area contributed by atoms with Crippen molar-refractivity contribution in [3.63, 3.8) is 0 Å². The first-order valence-corrected chi connectivity index (χ1v) is 5.02. The van der Waals surface area contributed by atoms with E-state index in [2.05, 4.69) is 4.98 Å². The number of aldehydes is 1. The summed E-state index contributed by atoms with van der Waals surface area (Å²) < 4.78 is 35.2. The Hall–Kier alpha value is -2.17. The number of hydrogen-bond acceptors (Lipinski definition) is 2. The van der Waals surface area contributed by atoms with Gasteiger partial charge in [0.05, 0.1) is 0 Å². The first-order chi connectivity index (χ1) is 8.54. The Labute approximate surface area is 102 Å². The van der Waals surface area contributed by atoms with E-state index in [0.29, 0.717) is 0 Å². The molecule has 0 spiro atoms. The molecule has 0 unspecified atom stereocenters. The third-order valence-corrected chi connectivity index (χ3v) is 1.89. The highest BCUT2D eigenvalue weighted by atomic mass is 19.4. The summed E-state index contributed by atoms with van der Waals surface area (Å²) in [4.78, 5) is 13.1. The first kappa shape index (κ1) is 13.9. The van der Waals surface area contributed by atoms with E-state index in [4.69, 9.17) is 0 Å². The van der Waals surface area contributed by atoms with Gasteiger partial charge in [-0.15, -0.1) is 0 Å². The number of carbonyl (C=O) groups is 1. The minimum absolute atomic E-state index is 0.729. The lowest BCUT2D eigenvalue weighted by Crippen LogP contribution is -2.06. The zero-order valence-corrected chi connectivity index (χ0v) is 9.26. The summed E-state index contributed by atoms with van der Waals surface area (Å²) in [5.74, 6) is 0. The first-order valence-electron chi connectivity index (χ1n) is 5.02. The molecule has 0 atom stereocenters. The summed E-state index contributed by atoms with van der Waals surface area (Å²) in [6.07, 6.45) is -2.37. The molecule has 0 amide bonds. The summed E-state index contributed by atoms with van der Waals surface area (Å²) in [6.45, 7) is 0. The van der Waals surface area contributed by atoms with Crippen LogP contribution in [-0.2, 0) is 6.18 Å². The highest BCUT2D eigenvalue weighted by Crippen LogP contribution is 2.26. The quantitative estimate of drug-likeness (QED) is 0.727. The summed E-state index contributed by atoms with van der Waals surface area (Å²) in [5.41, 5.74) is -0.123. The Bertz CT molecular complexity index is 469. The molecule has 18 heavy (non-hydrogen) atoms. The molecule has 1 aromatic heterocycles. The van der Waals surface area contributed by atoms with E-state index in [-0.39, 0.29) is 0 Å². The number of benzene rings is 1. The predicted molar refractivity (Wildman–Crippen MR) is 61.1 cm³/mol. The number of hydrogen-bond donors (Lipinski definition) is 0. The highest BCUT2D eigenvalue weighted by Gasteiger charge is 2.31. The van der Waals surface area contributed by atoms with Gasteiger partial charge >= 0.3 is 6.18 Å². The van der Waals surface area contributed by atoms with E-state index < -0.39 is 11.9 Å². The molecule has 0 aliphatic rings. The van der Waals surface area contributed by atoms with Crippen LogP contribution in [0.2, 0.25) is 0 Å². The van der Waals surface area contributed by atoms with Gasteiger partial charge in [-0.25, -0.2) is 0 Å². The molecule has 2 rings (SSSR count). The van der Waals surface area contributed by atoms with Crippen LogP contribution in [0.25, 0.3) is 0 Å². The van der Waals surface area contributed by atoms with Gasteiger partial charge in [-0.1, -0.05) is 36.4 Å². The maximum Gasteiger partial charge on any atom is 0.433 e. The maximum atomic E-state index is 11.7. The van der Waals surface area contributed by atoms with Crippen molar-refractivity contribution in [3.05, 3.63) is 66.0 Å².